The molecule has 1 heterocycles. The molecule has 0 aromatic heterocycles. The zero-order valence-electron chi connectivity index (χ0n) is 11.2. The number of amidine groups is 1. The molecule has 0 atom stereocenters. The van der Waals surface area contributed by atoms with Crippen LogP contribution in [0.1, 0.15) is 5.56 Å². The van der Waals surface area contributed by atoms with E-state index >= 15 is 0 Å². The first-order valence-electron chi connectivity index (χ1n) is 6.53. The summed E-state index contributed by atoms with van der Waals surface area (Å²) in [5.41, 5.74) is 1.01. The number of rotatable bonds is 4. The van der Waals surface area contributed by atoms with Gasteiger partial charge in [-0.05, 0) is 30.3 Å². The van der Waals surface area contributed by atoms with E-state index in [1.807, 2.05) is 24.3 Å². The summed E-state index contributed by atoms with van der Waals surface area (Å²) in [4.78, 5) is 14.6. The van der Waals surface area contributed by atoms with Crippen LogP contribution in [0.4, 0.5) is 5.69 Å². The molecule has 2 aromatic rings. The van der Waals surface area contributed by atoms with Gasteiger partial charge in [0, 0.05) is 18.2 Å². The number of nitrogens with one attached hydrogen (secondary N) is 1. The van der Waals surface area contributed by atoms with E-state index < -0.39 is 4.92 Å². The highest BCUT2D eigenvalue weighted by Gasteiger charge is 2.09. The van der Waals surface area contributed by atoms with Crippen molar-refractivity contribution in [1.29, 1.82) is 0 Å². The summed E-state index contributed by atoms with van der Waals surface area (Å²) in [7, 11) is 0. The zero-order valence-corrected chi connectivity index (χ0v) is 11.2. The lowest BCUT2D eigenvalue weighted by Crippen LogP contribution is -2.19. The minimum atomic E-state index is -0.445. The molecular weight excluding hydrogens is 270 g/mol. The zero-order chi connectivity index (χ0) is 14.7. The van der Waals surface area contributed by atoms with Crippen LogP contribution in [0.15, 0.2) is 53.5 Å². The summed E-state index contributed by atoms with van der Waals surface area (Å²) in [6.45, 7) is 1.66. The summed E-state index contributed by atoms with van der Waals surface area (Å²) in [6.07, 6.45) is 0. The number of hydrogen-bond donors (Lipinski definition) is 1. The van der Waals surface area contributed by atoms with Gasteiger partial charge < -0.3 is 10.1 Å². The van der Waals surface area contributed by atoms with Gasteiger partial charge in [-0.15, -0.1) is 0 Å². The van der Waals surface area contributed by atoms with E-state index in [1.165, 1.54) is 12.1 Å². The number of nitro groups is 1. The van der Waals surface area contributed by atoms with Crippen molar-refractivity contribution >= 4 is 11.5 Å². The van der Waals surface area contributed by atoms with Crippen LogP contribution in [0, 0.1) is 10.1 Å². The van der Waals surface area contributed by atoms with E-state index in [9.17, 15) is 10.1 Å². The maximum Gasteiger partial charge on any atom is 0.273 e. The Morgan fingerprint density at radius 2 is 1.95 bits per heavy atom. The summed E-state index contributed by atoms with van der Waals surface area (Å²) in [6, 6.07) is 13.6. The second kappa shape index (κ2) is 5.62. The van der Waals surface area contributed by atoms with Gasteiger partial charge >= 0.3 is 0 Å². The Bertz CT molecular complexity index is 696. The Labute approximate surface area is 121 Å². The molecule has 106 valence electrons. The van der Waals surface area contributed by atoms with Crippen LogP contribution in [0.5, 0.6) is 11.5 Å². The lowest BCUT2D eigenvalue weighted by atomic mass is 10.2. The number of non-ortho nitro benzene ring substituents is 1. The molecular formula is C15H13N3O3. The summed E-state index contributed by atoms with van der Waals surface area (Å²) < 4.78 is 5.62. The second-order valence-electron chi connectivity index (χ2n) is 4.54. The van der Waals surface area contributed by atoms with E-state index in [2.05, 4.69) is 10.3 Å². The van der Waals surface area contributed by atoms with Gasteiger partial charge in [-0.3, -0.25) is 15.1 Å². The molecule has 0 bridgehead atoms. The number of hydrogen-bond acceptors (Lipinski definition) is 5. The number of aliphatic imine (C=N–C) groups is 1. The molecule has 0 unspecified atom stereocenters. The molecule has 6 nitrogen and oxygen atoms in total. The lowest BCUT2D eigenvalue weighted by Gasteiger charge is -2.07. The predicted molar refractivity (Wildman–Crippen MR) is 79.0 cm³/mol. The van der Waals surface area contributed by atoms with E-state index in [0.29, 0.717) is 11.5 Å². The van der Waals surface area contributed by atoms with Crippen molar-refractivity contribution in [3.8, 4) is 11.5 Å². The Hall–Kier alpha value is -2.89. The smallest absolute Gasteiger partial charge is 0.273 e. The fourth-order valence-electron chi connectivity index (χ4n) is 2.07. The van der Waals surface area contributed by atoms with Crippen molar-refractivity contribution in [3.63, 3.8) is 0 Å². The number of benzene rings is 2. The van der Waals surface area contributed by atoms with Crippen molar-refractivity contribution in [2.24, 2.45) is 4.99 Å². The molecule has 0 fully saturated rings. The quantitative estimate of drug-likeness (QED) is 0.691. The monoisotopic (exact) mass is 283 g/mol. The normalized spacial score (nSPS) is 13.4. The van der Waals surface area contributed by atoms with Gasteiger partial charge in [-0.25, -0.2) is 0 Å². The molecule has 1 N–H and O–H groups in total. The molecule has 1 aliphatic heterocycles. The van der Waals surface area contributed by atoms with Crippen LogP contribution in [0.3, 0.4) is 0 Å². The van der Waals surface area contributed by atoms with Gasteiger partial charge in [-0.2, -0.15) is 0 Å². The molecule has 2 aromatic carbocycles. The van der Waals surface area contributed by atoms with Crippen LogP contribution >= 0.6 is 0 Å². The number of nitrogens with zero attached hydrogens (tertiary/aromatic N) is 2. The molecule has 0 radical (unpaired) electrons. The molecule has 6 heteroatoms. The van der Waals surface area contributed by atoms with Gasteiger partial charge in [0.2, 0.25) is 0 Å². The average molecular weight is 283 g/mol. The van der Waals surface area contributed by atoms with Crippen molar-refractivity contribution in [1.82, 2.24) is 5.32 Å². The molecule has 0 amide bonds. The highest BCUT2D eigenvalue weighted by molar-refractivity contribution is 5.99. The largest absolute Gasteiger partial charge is 0.457 e. The van der Waals surface area contributed by atoms with Crippen molar-refractivity contribution in [3.05, 3.63) is 64.2 Å². The third kappa shape index (κ3) is 3.00. The summed E-state index contributed by atoms with van der Waals surface area (Å²) in [5.74, 6) is 1.95. The van der Waals surface area contributed by atoms with Crippen molar-refractivity contribution in [2.45, 2.75) is 0 Å². The minimum Gasteiger partial charge on any atom is -0.457 e. The van der Waals surface area contributed by atoms with Crippen LogP contribution in [-0.4, -0.2) is 23.8 Å². The molecule has 0 spiro atoms. The Morgan fingerprint density at radius 1 is 1.14 bits per heavy atom. The van der Waals surface area contributed by atoms with E-state index in [4.69, 9.17) is 4.74 Å². The van der Waals surface area contributed by atoms with Crippen LogP contribution < -0.4 is 10.1 Å². The molecule has 21 heavy (non-hydrogen) atoms. The molecule has 1 aliphatic rings. The molecule has 3 rings (SSSR count). The third-order valence-electron chi connectivity index (χ3n) is 3.07. The number of nitro benzene ring substituents is 1. The summed E-state index contributed by atoms with van der Waals surface area (Å²) >= 11 is 0. The first-order chi connectivity index (χ1) is 10.2. The van der Waals surface area contributed by atoms with E-state index in [1.54, 1.807) is 12.1 Å². The van der Waals surface area contributed by atoms with Gasteiger partial charge in [-0.1, -0.05) is 6.07 Å². The predicted octanol–water partition coefficient (Wildman–Crippen LogP) is 2.74. The maximum atomic E-state index is 10.7. The second-order valence-corrected chi connectivity index (χ2v) is 4.54. The van der Waals surface area contributed by atoms with Crippen LogP contribution in [0.25, 0.3) is 0 Å². The van der Waals surface area contributed by atoms with Gasteiger partial charge in [0.15, 0.2) is 0 Å². The highest BCUT2D eigenvalue weighted by Crippen LogP contribution is 2.25. The number of ether oxygens (including phenoxy) is 1. The van der Waals surface area contributed by atoms with Gasteiger partial charge in [0.05, 0.1) is 17.5 Å². The summed E-state index contributed by atoms with van der Waals surface area (Å²) in [5, 5.41) is 13.9. The van der Waals surface area contributed by atoms with Crippen molar-refractivity contribution in [2.75, 3.05) is 13.1 Å². The highest BCUT2D eigenvalue weighted by atomic mass is 16.6. The Morgan fingerprint density at radius 3 is 2.62 bits per heavy atom. The fourth-order valence-corrected chi connectivity index (χ4v) is 2.07. The minimum absolute atomic E-state index is 0.00799. The van der Waals surface area contributed by atoms with Gasteiger partial charge in [0.25, 0.3) is 5.69 Å². The van der Waals surface area contributed by atoms with Gasteiger partial charge in [0.1, 0.15) is 17.3 Å². The lowest BCUT2D eigenvalue weighted by molar-refractivity contribution is -0.384. The topological polar surface area (TPSA) is 76.8 Å². The Balaban J connectivity index is 1.76. The maximum absolute atomic E-state index is 10.7. The van der Waals surface area contributed by atoms with E-state index in [-0.39, 0.29) is 5.69 Å². The first-order valence-corrected chi connectivity index (χ1v) is 6.53. The third-order valence-corrected chi connectivity index (χ3v) is 3.07. The van der Waals surface area contributed by atoms with Crippen LogP contribution in [0.2, 0.25) is 0 Å². The SMILES string of the molecule is O=[N+]([O-])c1cccc(Oc2ccc(C3=NCCN3)cc2)c1. The molecule has 0 saturated carbocycles. The molecule has 0 saturated heterocycles. The van der Waals surface area contributed by atoms with Crippen molar-refractivity contribution < 1.29 is 9.66 Å². The van der Waals surface area contributed by atoms with Crippen LogP contribution in [-0.2, 0) is 0 Å². The Kier molecular flexibility index (Phi) is 3.51. The standard InChI is InChI=1S/C15H13N3O3/c19-18(20)12-2-1-3-14(10-12)21-13-6-4-11(5-7-13)15-16-8-9-17-15/h1-7,10H,8-9H2,(H,16,17). The average Bonchev–Trinajstić information content (AvgIpc) is 3.02. The van der Waals surface area contributed by atoms with E-state index in [0.717, 1.165) is 24.5 Å². The fraction of sp³-hybridized carbons (Fsp3) is 0.133. The first kappa shape index (κ1) is 13.1. The molecule has 0 aliphatic carbocycles.